The third-order valence-electron chi connectivity index (χ3n) is 2.78. The van der Waals surface area contributed by atoms with Gasteiger partial charge in [-0.05, 0) is 6.92 Å². The minimum Gasteiger partial charge on any atom is -0.350 e. The molecule has 2 fully saturated rings. The van der Waals surface area contributed by atoms with E-state index in [1.165, 1.54) is 0 Å². The molecule has 0 bridgehead atoms. The molecule has 66 valence electrons. The molecule has 0 aromatic carbocycles. The number of Topliss-reactive ketones (excluding diaryl/α,β-unsaturated/α-hetero) is 2. The molecule has 2 atom stereocenters. The standard InChI is InChI=1S/C9H12O3/c1-8(2)4-5(10)6-9(3,12-6)7(8)11/h6H,4H2,1-3H3/t6-,9-/m1/s1. The summed E-state index contributed by atoms with van der Waals surface area (Å²) in [5, 5.41) is 0. The van der Waals surface area contributed by atoms with Crippen molar-refractivity contribution in [1.29, 1.82) is 0 Å². The highest BCUT2D eigenvalue weighted by Gasteiger charge is 2.68. The van der Waals surface area contributed by atoms with Crippen molar-refractivity contribution in [3.63, 3.8) is 0 Å². The highest BCUT2D eigenvalue weighted by molar-refractivity contribution is 6.08. The Labute approximate surface area is 71.1 Å². The van der Waals surface area contributed by atoms with Crippen molar-refractivity contribution in [2.24, 2.45) is 5.41 Å². The normalized spacial score (nSPS) is 44.1. The number of ether oxygens (including phenoxy) is 1. The van der Waals surface area contributed by atoms with Crippen LogP contribution >= 0.6 is 0 Å². The summed E-state index contributed by atoms with van der Waals surface area (Å²) in [6.07, 6.45) is -0.107. The summed E-state index contributed by atoms with van der Waals surface area (Å²) in [7, 11) is 0. The van der Waals surface area contributed by atoms with Gasteiger partial charge in [0, 0.05) is 11.8 Å². The Morgan fingerprint density at radius 3 is 2.50 bits per heavy atom. The van der Waals surface area contributed by atoms with Crippen LogP contribution in [0.15, 0.2) is 0 Å². The van der Waals surface area contributed by atoms with Crippen molar-refractivity contribution in [2.75, 3.05) is 0 Å². The number of hydrogen-bond acceptors (Lipinski definition) is 3. The number of carbonyl (C=O) groups is 2. The van der Waals surface area contributed by atoms with Gasteiger partial charge in [-0.25, -0.2) is 0 Å². The van der Waals surface area contributed by atoms with E-state index in [0.29, 0.717) is 6.42 Å². The van der Waals surface area contributed by atoms with Crippen LogP contribution in [0.4, 0.5) is 0 Å². The molecular weight excluding hydrogens is 156 g/mol. The molecule has 2 rings (SSSR count). The Hall–Kier alpha value is -0.700. The van der Waals surface area contributed by atoms with E-state index in [-0.39, 0.29) is 11.6 Å². The van der Waals surface area contributed by atoms with Crippen molar-refractivity contribution in [1.82, 2.24) is 0 Å². The van der Waals surface area contributed by atoms with Crippen LogP contribution in [0.25, 0.3) is 0 Å². The van der Waals surface area contributed by atoms with Crippen LogP contribution in [0.3, 0.4) is 0 Å². The predicted octanol–water partition coefficient (Wildman–Crippen LogP) is 0.712. The molecule has 3 nitrogen and oxygen atoms in total. The Bertz CT molecular complexity index is 273. The zero-order chi connectivity index (χ0) is 9.15. The van der Waals surface area contributed by atoms with Crippen molar-refractivity contribution < 1.29 is 14.3 Å². The Kier molecular flexibility index (Phi) is 1.18. The molecule has 1 aliphatic carbocycles. The van der Waals surface area contributed by atoms with Crippen LogP contribution < -0.4 is 0 Å². The van der Waals surface area contributed by atoms with Gasteiger partial charge in [0.25, 0.3) is 0 Å². The summed E-state index contributed by atoms with van der Waals surface area (Å²) in [6.45, 7) is 5.31. The van der Waals surface area contributed by atoms with E-state index >= 15 is 0 Å². The highest BCUT2D eigenvalue weighted by atomic mass is 16.6. The first-order valence-electron chi connectivity index (χ1n) is 4.13. The monoisotopic (exact) mass is 168 g/mol. The van der Waals surface area contributed by atoms with E-state index in [1.807, 2.05) is 0 Å². The summed E-state index contributed by atoms with van der Waals surface area (Å²) in [4.78, 5) is 23.0. The molecule has 2 aliphatic rings. The van der Waals surface area contributed by atoms with Gasteiger partial charge in [0.15, 0.2) is 23.3 Å². The second-order valence-corrected chi connectivity index (χ2v) is 4.46. The van der Waals surface area contributed by atoms with Crippen LogP contribution in [0.5, 0.6) is 0 Å². The number of carbonyl (C=O) groups excluding carboxylic acids is 2. The first kappa shape index (κ1) is 7.92. The molecule has 0 amide bonds. The van der Waals surface area contributed by atoms with Crippen molar-refractivity contribution >= 4 is 11.6 Å². The first-order valence-corrected chi connectivity index (χ1v) is 4.13. The second-order valence-electron chi connectivity index (χ2n) is 4.46. The number of rotatable bonds is 0. The van der Waals surface area contributed by atoms with Crippen LogP contribution in [-0.2, 0) is 14.3 Å². The molecule has 0 aromatic rings. The fourth-order valence-electron chi connectivity index (χ4n) is 2.04. The summed E-state index contributed by atoms with van der Waals surface area (Å²) in [6, 6.07) is 0. The summed E-state index contributed by atoms with van der Waals surface area (Å²) < 4.78 is 5.13. The van der Waals surface area contributed by atoms with Crippen LogP contribution in [-0.4, -0.2) is 23.3 Å². The highest BCUT2D eigenvalue weighted by Crippen LogP contribution is 2.49. The molecule has 3 heteroatoms. The zero-order valence-electron chi connectivity index (χ0n) is 7.51. The molecule has 12 heavy (non-hydrogen) atoms. The van der Waals surface area contributed by atoms with Gasteiger partial charge in [-0.15, -0.1) is 0 Å². The third-order valence-corrected chi connectivity index (χ3v) is 2.78. The number of fused-ring (bicyclic) bond motifs is 1. The van der Waals surface area contributed by atoms with E-state index in [1.54, 1.807) is 20.8 Å². The molecule has 1 aliphatic heterocycles. The third kappa shape index (κ3) is 0.746. The average molecular weight is 168 g/mol. The zero-order valence-corrected chi connectivity index (χ0v) is 7.51. The van der Waals surface area contributed by atoms with Gasteiger partial charge in [-0.2, -0.15) is 0 Å². The molecular formula is C9H12O3. The lowest BCUT2D eigenvalue weighted by Gasteiger charge is -2.27. The lowest BCUT2D eigenvalue weighted by molar-refractivity contribution is -0.137. The van der Waals surface area contributed by atoms with Gasteiger partial charge in [0.05, 0.1) is 0 Å². The largest absolute Gasteiger partial charge is 0.350 e. The van der Waals surface area contributed by atoms with E-state index in [2.05, 4.69) is 0 Å². The van der Waals surface area contributed by atoms with Gasteiger partial charge in [0.2, 0.25) is 0 Å². The van der Waals surface area contributed by atoms with E-state index in [0.717, 1.165) is 0 Å². The quantitative estimate of drug-likeness (QED) is 0.500. The molecule has 0 N–H and O–H groups in total. The van der Waals surface area contributed by atoms with Gasteiger partial charge in [-0.3, -0.25) is 9.59 Å². The van der Waals surface area contributed by atoms with Gasteiger partial charge < -0.3 is 4.74 Å². The molecule has 1 saturated heterocycles. The topological polar surface area (TPSA) is 46.7 Å². The van der Waals surface area contributed by atoms with Crippen molar-refractivity contribution in [3.05, 3.63) is 0 Å². The van der Waals surface area contributed by atoms with Gasteiger partial charge in [0.1, 0.15) is 0 Å². The molecule has 0 unspecified atom stereocenters. The average Bonchev–Trinajstić information content (AvgIpc) is 2.60. The number of hydrogen-bond donors (Lipinski definition) is 0. The second kappa shape index (κ2) is 1.79. The smallest absolute Gasteiger partial charge is 0.173 e. The lowest BCUT2D eigenvalue weighted by atomic mass is 9.71. The molecule has 0 aromatic heterocycles. The van der Waals surface area contributed by atoms with Crippen molar-refractivity contribution in [2.45, 2.75) is 38.9 Å². The van der Waals surface area contributed by atoms with Crippen LogP contribution in [0.1, 0.15) is 27.2 Å². The minimum atomic E-state index is -0.779. The molecule has 0 spiro atoms. The maximum Gasteiger partial charge on any atom is 0.173 e. The van der Waals surface area contributed by atoms with Crippen LogP contribution in [0.2, 0.25) is 0 Å². The minimum absolute atomic E-state index is 0.0691. The molecule has 1 saturated carbocycles. The number of epoxide rings is 1. The van der Waals surface area contributed by atoms with Gasteiger partial charge >= 0.3 is 0 Å². The SMILES string of the molecule is CC1(C)CC(=O)[C@H]2O[C@@]2(C)C1=O. The van der Waals surface area contributed by atoms with Crippen molar-refractivity contribution in [3.8, 4) is 0 Å². The van der Waals surface area contributed by atoms with Gasteiger partial charge in [-0.1, -0.05) is 13.8 Å². The van der Waals surface area contributed by atoms with E-state index in [9.17, 15) is 9.59 Å². The predicted molar refractivity (Wildman–Crippen MR) is 41.7 cm³/mol. The Balaban J connectivity index is 2.37. The summed E-state index contributed by atoms with van der Waals surface area (Å²) in [5.41, 5.74) is -1.31. The van der Waals surface area contributed by atoms with E-state index in [4.69, 9.17) is 4.74 Å². The maximum atomic E-state index is 11.7. The van der Waals surface area contributed by atoms with Crippen LogP contribution in [0, 0.1) is 5.41 Å². The Morgan fingerprint density at radius 1 is 1.33 bits per heavy atom. The molecule has 0 radical (unpaired) electrons. The maximum absolute atomic E-state index is 11.7. The lowest BCUT2D eigenvalue weighted by Crippen LogP contribution is -2.45. The number of ketones is 2. The summed E-state index contributed by atoms with van der Waals surface area (Å²) >= 11 is 0. The fraction of sp³-hybridized carbons (Fsp3) is 0.778. The Morgan fingerprint density at radius 2 is 1.92 bits per heavy atom. The van der Waals surface area contributed by atoms with E-state index < -0.39 is 17.1 Å². The fourth-order valence-corrected chi connectivity index (χ4v) is 2.04. The first-order chi connectivity index (χ1) is 5.38. The molecule has 1 heterocycles. The summed E-state index contributed by atoms with van der Waals surface area (Å²) in [5.74, 6) is 0.140.